The quantitative estimate of drug-likeness (QED) is 0.537. The Labute approximate surface area is 104 Å². The topological polar surface area (TPSA) is 49.3 Å². The minimum Gasteiger partial charge on any atom is -0.396 e. The zero-order chi connectivity index (χ0) is 12.5. The van der Waals surface area contributed by atoms with Crippen LogP contribution >= 0.6 is 0 Å². The van der Waals surface area contributed by atoms with E-state index in [1.54, 1.807) is 24.3 Å². The van der Waals surface area contributed by atoms with E-state index in [1.165, 1.54) is 0 Å². The third-order valence-corrected chi connectivity index (χ3v) is 2.52. The van der Waals surface area contributed by atoms with Gasteiger partial charge in [-0.3, -0.25) is 4.79 Å². The van der Waals surface area contributed by atoms with E-state index in [-0.39, 0.29) is 12.5 Å². The molecule has 90 valence electrons. The normalized spacial score (nSPS) is 10.2. The minimum absolute atomic E-state index is 0.0838. The Morgan fingerprint density at radius 2 is 2.00 bits per heavy atom. The summed E-state index contributed by atoms with van der Waals surface area (Å²) in [7, 11) is 5.60. The van der Waals surface area contributed by atoms with Crippen LogP contribution in [0.1, 0.15) is 36.0 Å². The number of carbonyl (C=O) groups excluding carboxylic acids is 1. The highest BCUT2D eigenvalue weighted by atomic mass is 16.2. The van der Waals surface area contributed by atoms with Crippen LogP contribution in [-0.4, -0.2) is 32.0 Å². The summed E-state index contributed by atoms with van der Waals surface area (Å²) in [5.74, 6) is -0.0838. The second kappa shape index (κ2) is 7.90. The Bertz CT molecular complexity index is 355. The molecular formula is C13H18BNO2. The number of amides is 1. The fraction of sp³-hybridized carbons (Fsp3) is 0.462. The first-order valence-corrected chi connectivity index (χ1v) is 5.98. The number of rotatable bonds is 7. The molecule has 0 aliphatic carbocycles. The number of carbonyl (C=O) groups is 1. The van der Waals surface area contributed by atoms with Crippen molar-refractivity contribution in [2.24, 2.45) is 0 Å². The van der Waals surface area contributed by atoms with Crippen LogP contribution in [0.15, 0.2) is 24.3 Å². The predicted molar refractivity (Wildman–Crippen MR) is 69.7 cm³/mol. The van der Waals surface area contributed by atoms with Crippen LogP contribution in [0, 0.1) is 0 Å². The molecule has 0 spiro atoms. The van der Waals surface area contributed by atoms with Crippen LogP contribution in [0.5, 0.6) is 0 Å². The van der Waals surface area contributed by atoms with E-state index in [4.69, 9.17) is 13.0 Å². The van der Waals surface area contributed by atoms with Crippen molar-refractivity contribution in [1.29, 1.82) is 0 Å². The van der Waals surface area contributed by atoms with Crippen molar-refractivity contribution in [1.82, 2.24) is 5.32 Å². The number of aliphatic hydroxyl groups excluding tert-OH is 1. The molecule has 1 aromatic carbocycles. The second-order valence-corrected chi connectivity index (χ2v) is 4.02. The summed E-state index contributed by atoms with van der Waals surface area (Å²) in [4.78, 5) is 11.7. The molecule has 1 rings (SSSR count). The molecule has 3 nitrogen and oxygen atoms in total. The molecule has 2 N–H and O–H groups in total. The lowest BCUT2D eigenvalue weighted by Gasteiger charge is -2.05. The van der Waals surface area contributed by atoms with E-state index >= 15 is 0 Å². The van der Waals surface area contributed by atoms with Crippen molar-refractivity contribution in [3.8, 4) is 0 Å². The Morgan fingerprint density at radius 3 is 2.71 bits per heavy atom. The summed E-state index contributed by atoms with van der Waals surface area (Å²) in [6, 6.07) is 6.94. The molecule has 0 saturated carbocycles. The highest BCUT2D eigenvalue weighted by Gasteiger charge is 2.03. The lowest BCUT2D eigenvalue weighted by atomic mass is 9.94. The number of unbranched alkanes of at least 4 members (excludes halogenated alkanes) is 3. The summed E-state index contributed by atoms with van der Waals surface area (Å²) in [5, 5.41) is 11.5. The van der Waals surface area contributed by atoms with Crippen LogP contribution in [0.25, 0.3) is 0 Å². The summed E-state index contributed by atoms with van der Waals surface area (Å²) in [5.41, 5.74) is 1.20. The highest BCUT2D eigenvalue weighted by molar-refractivity contribution is 6.32. The van der Waals surface area contributed by atoms with Gasteiger partial charge in [-0.1, -0.05) is 36.5 Å². The van der Waals surface area contributed by atoms with E-state index in [0.717, 1.165) is 25.7 Å². The standard InChI is InChI=1S/C13H18BNO2/c14-12-7-5-6-11(10-12)13(17)15-8-3-1-2-4-9-16/h5-7,10,16H,1-4,8-9H2,(H,15,17). The maximum Gasteiger partial charge on any atom is 0.251 e. The number of hydrogen-bond donors (Lipinski definition) is 2. The molecule has 2 radical (unpaired) electrons. The van der Waals surface area contributed by atoms with Crippen LogP contribution in [0.3, 0.4) is 0 Å². The first-order valence-electron chi connectivity index (χ1n) is 5.98. The van der Waals surface area contributed by atoms with Crippen molar-refractivity contribution in [2.45, 2.75) is 25.7 Å². The molecule has 1 amide bonds. The van der Waals surface area contributed by atoms with E-state index < -0.39 is 0 Å². The summed E-state index contributed by atoms with van der Waals surface area (Å²) < 4.78 is 0. The molecule has 0 aromatic heterocycles. The van der Waals surface area contributed by atoms with Gasteiger partial charge in [-0.15, -0.1) is 0 Å². The number of hydrogen-bond acceptors (Lipinski definition) is 2. The van der Waals surface area contributed by atoms with Crippen LogP contribution in [0.4, 0.5) is 0 Å². The SMILES string of the molecule is [B]c1cccc(C(=O)NCCCCCCO)c1. The fourth-order valence-electron chi connectivity index (χ4n) is 1.57. The van der Waals surface area contributed by atoms with Gasteiger partial charge in [0.25, 0.3) is 5.91 Å². The monoisotopic (exact) mass is 231 g/mol. The minimum atomic E-state index is -0.0838. The molecule has 0 aliphatic rings. The average molecular weight is 231 g/mol. The van der Waals surface area contributed by atoms with Crippen LogP contribution in [0.2, 0.25) is 0 Å². The van der Waals surface area contributed by atoms with Crippen molar-refractivity contribution in [2.75, 3.05) is 13.2 Å². The first-order chi connectivity index (χ1) is 8.24. The van der Waals surface area contributed by atoms with Gasteiger partial charge in [-0.05, 0) is 18.9 Å². The van der Waals surface area contributed by atoms with Gasteiger partial charge in [0.1, 0.15) is 7.85 Å². The first kappa shape index (κ1) is 13.8. The molecular weight excluding hydrogens is 213 g/mol. The van der Waals surface area contributed by atoms with Gasteiger partial charge in [0.2, 0.25) is 0 Å². The Kier molecular flexibility index (Phi) is 6.41. The number of benzene rings is 1. The number of aliphatic hydroxyl groups is 1. The summed E-state index contributed by atoms with van der Waals surface area (Å²) in [6.45, 7) is 0.911. The van der Waals surface area contributed by atoms with Crippen LogP contribution < -0.4 is 10.8 Å². The van der Waals surface area contributed by atoms with Crippen molar-refractivity contribution >= 4 is 19.2 Å². The summed E-state index contributed by atoms with van der Waals surface area (Å²) in [6.07, 6.45) is 3.81. The van der Waals surface area contributed by atoms with Crippen LogP contribution in [-0.2, 0) is 0 Å². The molecule has 0 aliphatic heterocycles. The molecule has 0 heterocycles. The lowest BCUT2D eigenvalue weighted by molar-refractivity contribution is 0.0953. The van der Waals surface area contributed by atoms with Crippen molar-refractivity contribution < 1.29 is 9.90 Å². The molecule has 17 heavy (non-hydrogen) atoms. The van der Waals surface area contributed by atoms with Crippen molar-refractivity contribution in [3.63, 3.8) is 0 Å². The van der Waals surface area contributed by atoms with Gasteiger partial charge >= 0.3 is 0 Å². The lowest BCUT2D eigenvalue weighted by Crippen LogP contribution is -2.25. The molecule has 1 aromatic rings. The molecule has 0 atom stereocenters. The van der Waals surface area contributed by atoms with Gasteiger partial charge in [0, 0.05) is 18.7 Å². The third-order valence-electron chi connectivity index (χ3n) is 2.52. The molecule has 0 fully saturated rings. The molecule has 0 unspecified atom stereocenters. The molecule has 4 heteroatoms. The third kappa shape index (κ3) is 5.54. The Balaban J connectivity index is 2.21. The van der Waals surface area contributed by atoms with Gasteiger partial charge in [-0.25, -0.2) is 0 Å². The summed E-state index contributed by atoms with van der Waals surface area (Å²) >= 11 is 0. The van der Waals surface area contributed by atoms with Gasteiger partial charge < -0.3 is 10.4 Å². The molecule has 0 saturated heterocycles. The maximum atomic E-state index is 11.7. The van der Waals surface area contributed by atoms with E-state index in [2.05, 4.69) is 5.32 Å². The zero-order valence-electron chi connectivity index (χ0n) is 9.98. The smallest absolute Gasteiger partial charge is 0.251 e. The number of nitrogens with one attached hydrogen (secondary N) is 1. The Hall–Kier alpha value is -1.29. The Morgan fingerprint density at radius 1 is 1.24 bits per heavy atom. The van der Waals surface area contributed by atoms with E-state index in [1.807, 2.05) is 0 Å². The van der Waals surface area contributed by atoms with Gasteiger partial charge in [-0.2, -0.15) is 0 Å². The maximum absolute atomic E-state index is 11.7. The van der Waals surface area contributed by atoms with E-state index in [9.17, 15) is 4.79 Å². The second-order valence-electron chi connectivity index (χ2n) is 4.02. The molecule has 0 bridgehead atoms. The predicted octanol–water partition coefficient (Wildman–Crippen LogP) is 0.763. The van der Waals surface area contributed by atoms with Gasteiger partial charge in [0.05, 0.1) is 0 Å². The van der Waals surface area contributed by atoms with Gasteiger partial charge in [0.15, 0.2) is 0 Å². The average Bonchev–Trinajstić information content (AvgIpc) is 2.33. The van der Waals surface area contributed by atoms with E-state index in [0.29, 0.717) is 17.6 Å². The fourth-order valence-corrected chi connectivity index (χ4v) is 1.57. The zero-order valence-corrected chi connectivity index (χ0v) is 9.98. The van der Waals surface area contributed by atoms with Crippen molar-refractivity contribution in [3.05, 3.63) is 29.8 Å². The highest BCUT2D eigenvalue weighted by Crippen LogP contribution is 1.99. The largest absolute Gasteiger partial charge is 0.396 e.